The van der Waals surface area contributed by atoms with Gasteiger partial charge in [0.05, 0.1) is 0 Å². The Labute approximate surface area is 142 Å². The molecular weight excluding hydrogens is 288 g/mol. The summed E-state index contributed by atoms with van der Waals surface area (Å²) in [6.07, 6.45) is 19.0. The lowest BCUT2D eigenvalue weighted by atomic mass is 10.0. The number of nitrogens with one attached hydrogen (secondary N) is 3. The number of hydrogen-bond acceptors (Lipinski definition) is 5. The van der Waals surface area contributed by atoms with E-state index < -0.39 is 0 Å². The molecule has 0 aliphatic carbocycles. The molecule has 1 heterocycles. The summed E-state index contributed by atoms with van der Waals surface area (Å²) in [5, 5.41) is 4.07. The van der Waals surface area contributed by atoms with E-state index in [1.807, 2.05) is 0 Å². The Bertz CT molecular complexity index is 331. The molecule has 0 spiro atoms. The standard InChI is InChI=1S/C18H36N4O/c1-17(23)15-13-11-9-7-5-3-2-4-6-8-10-12-14-16-18-19-21-22-20-18/h21-22H,2-16H2,1H3,(H,19,20). The van der Waals surface area contributed by atoms with Gasteiger partial charge in [-0.3, -0.25) is 5.43 Å². The molecule has 0 fully saturated rings. The number of hydrazone groups is 1. The fraction of sp³-hybridized carbons (Fsp3) is 0.889. The third-order valence-corrected chi connectivity index (χ3v) is 4.40. The summed E-state index contributed by atoms with van der Waals surface area (Å²) in [4.78, 5) is 10.8. The van der Waals surface area contributed by atoms with E-state index in [0.29, 0.717) is 5.78 Å². The molecule has 5 nitrogen and oxygen atoms in total. The molecular formula is C18H36N4O. The van der Waals surface area contributed by atoms with Crippen LogP contribution in [0.2, 0.25) is 0 Å². The molecule has 1 aliphatic heterocycles. The molecule has 0 saturated carbocycles. The van der Waals surface area contributed by atoms with Gasteiger partial charge < -0.3 is 4.79 Å². The van der Waals surface area contributed by atoms with Gasteiger partial charge in [0.25, 0.3) is 0 Å². The minimum atomic E-state index is 0.336. The first kappa shape index (κ1) is 19.9. The second-order valence-electron chi connectivity index (χ2n) is 6.72. The number of Topliss-reactive ketones (excluding diaryl/α,β-unsaturated/α-hetero) is 1. The van der Waals surface area contributed by atoms with Crippen molar-refractivity contribution in [3.63, 3.8) is 0 Å². The maximum Gasteiger partial charge on any atom is 0.139 e. The van der Waals surface area contributed by atoms with E-state index in [9.17, 15) is 4.79 Å². The van der Waals surface area contributed by atoms with Crippen LogP contribution in [-0.4, -0.2) is 11.6 Å². The van der Waals surface area contributed by atoms with E-state index in [1.165, 1.54) is 77.0 Å². The Kier molecular flexibility index (Phi) is 12.6. The molecule has 0 saturated heterocycles. The van der Waals surface area contributed by atoms with Gasteiger partial charge in [-0.25, -0.2) is 5.53 Å². The van der Waals surface area contributed by atoms with Crippen molar-refractivity contribution in [3.8, 4) is 0 Å². The lowest BCUT2D eigenvalue weighted by Gasteiger charge is -2.03. The monoisotopic (exact) mass is 324 g/mol. The van der Waals surface area contributed by atoms with Crippen LogP contribution in [0.5, 0.6) is 0 Å². The highest BCUT2D eigenvalue weighted by atomic mass is 16.1. The molecule has 0 amide bonds. The Morgan fingerprint density at radius 2 is 1.26 bits per heavy atom. The fourth-order valence-electron chi connectivity index (χ4n) is 2.95. The zero-order chi connectivity index (χ0) is 16.6. The van der Waals surface area contributed by atoms with E-state index in [0.717, 1.165) is 25.1 Å². The van der Waals surface area contributed by atoms with E-state index in [1.54, 1.807) is 6.92 Å². The molecule has 0 aromatic carbocycles. The summed E-state index contributed by atoms with van der Waals surface area (Å²) in [6, 6.07) is 0. The van der Waals surface area contributed by atoms with E-state index in [4.69, 9.17) is 0 Å². The van der Waals surface area contributed by atoms with Crippen molar-refractivity contribution in [2.45, 2.75) is 103 Å². The van der Waals surface area contributed by atoms with E-state index in [2.05, 4.69) is 21.6 Å². The first-order chi connectivity index (χ1) is 11.3. The molecule has 0 bridgehead atoms. The number of rotatable bonds is 16. The summed E-state index contributed by atoms with van der Waals surface area (Å²) >= 11 is 0. The van der Waals surface area contributed by atoms with Gasteiger partial charge in [-0.05, 0) is 19.8 Å². The minimum Gasteiger partial charge on any atom is -0.300 e. The minimum absolute atomic E-state index is 0.336. The maximum absolute atomic E-state index is 10.8. The first-order valence-electron chi connectivity index (χ1n) is 9.61. The predicted molar refractivity (Wildman–Crippen MR) is 96.8 cm³/mol. The highest BCUT2D eigenvalue weighted by molar-refractivity contribution is 5.82. The maximum atomic E-state index is 10.8. The van der Waals surface area contributed by atoms with Crippen LogP contribution in [0.4, 0.5) is 0 Å². The van der Waals surface area contributed by atoms with Crippen molar-refractivity contribution < 1.29 is 4.79 Å². The van der Waals surface area contributed by atoms with Gasteiger partial charge >= 0.3 is 0 Å². The molecule has 0 aromatic rings. The number of amidine groups is 1. The van der Waals surface area contributed by atoms with Crippen LogP contribution in [-0.2, 0) is 4.79 Å². The Hall–Kier alpha value is -1.10. The summed E-state index contributed by atoms with van der Waals surface area (Å²) in [5.74, 6) is 1.36. The molecule has 0 radical (unpaired) electrons. The van der Waals surface area contributed by atoms with Crippen molar-refractivity contribution in [2.24, 2.45) is 5.10 Å². The number of hydrogen-bond donors (Lipinski definition) is 3. The third kappa shape index (κ3) is 13.1. The Balaban J connectivity index is 1.67. The molecule has 23 heavy (non-hydrogen) atoms. The van der Waals surface area contributed by atoms with Crippen molar-refractivity contribution in [2.75, 3.05) is 0 Å². The van der Waals surface area contributed by atoms with Gasteiger partial charge in [0.15, 0.2) is 0 Å². The summed E-state index contributed by atoms with van der Waals surface area (Å²) in [5.41, 5.74) is 8.43. The zero-order valence-electron chi connectivity index (χ0n) is 15.0. The van der Waals surface area contributed by atoms with Crippen molar-refractivity contribution >= 4 is 11.6 Å². The number of nitrogens with zero attached hydrogens (tertiary/aromatic N) is 1. The zero-order valence-corrected chi connectivity index (χ0v) is 15.0. The highest BCUT2D eigenvalue weighted by Gasteiger charge is 2.02. The average molecular weight is 325 g/mol. The molecule has 3 N–H and O–H groups in total. The summed E-state index contributed by atoms with van der Waals surface area (Å²) in [6.45, 7) is 1.69. The van der Waals surface area contributed by atoms with Crippen LogP contribution in [0.25, 0.3) is 0 Å². The van der Waals surface area contributed by atoms with Crippen LogP contribution in [0.3, 0.4) is 0 Å². The molecule has 5 heteroatoms. The number of carbonyl (C=O) groups is 1. The first-order valence-corrected chi connectivity index (χ1v) is 9.61. The van der Waals surface area contributed by atoms with Crippen molar-refractivity contribution in [1.29, 1.82) is 0 Å². The van der Waals surface area contributed by atoms with Crippen molar-refractivity contribution in [3.05, 3.63) is 0 Å². The third-order valence-electron chi connectivity index (χ3n) is 4.40. The van der Waals surface area contributed by atoms with Crippen LogP contribution < -0.4 is 16.5 Å². The molecule has 0 unspecified atom stereocenters. The molecule has 1 aliphatic rings. The molecule has 1 rings (SSSR count). The Morgan fingerprint density at radius 1 is 0.783 bits per heavy atom. The highest BCUT2D eigenvalue weighted by Crippen LogP contribution is 2.13. The van der Waals surface area contributed by atoms with E-state index in [-0.39, 0.29) is 0 Å². The molecule has 0 atom stereocenters. The van der Waals surface area contributed by atoms with Gasteiger partial charge in [-0.15, -0.1) is 10.6 Å². The average Bonchev–Trinajstić information content (AvgIpc) is 3.04. The normalized spacial score (nSPS) is 13.5. The van der Waals surface area contributed by atoms with Gasteiger partial charge in [-0.2, -0.15) is 0 Å². The van der Waals surface area contributed by atoms with Gasteiger partial charge in [-0.1, -0.05) is 70.6 Å². The van der Waals surface area contributed by atoms with Gasteiger partial charge in [0.1, 0.15) is 11.6 Å². The largest absolute Gasteiger partial charge is 0.300 e. The second kappa shape index (κ2) is 14.5. The molecule has 134 valence electrons. The predicted octanol–water partition coefficient (Wildman–Crippen LogP) is 4.35. The quantitative estimate of drug-likeness (QED) is 0.369. The Morgan fingerprint density at radius 3 is 1.70 bits per heavy atom. The SMILES string of the molecule is CC(=O)CCCCCCCCCCCCCCCC1=NNNN1. The van der Waals surface area contributed by atoms with E-state index >= 15 is 0 Å². The topological polar surface area (TPSA) is 65.5 Å². The lowest BCUT2D eigenvalue weighted by molar-refractivity contribution is -0.117. The summed E-state index contributed by atoms with van der Waals surface area (Å²) in [7, 11) is 0. The fourth-order valence-corrected chi connectivity index (χ4v) is 2.95. The molecule has 0 aromatic heterocycles. The number of unbranched alkanes of at least 4 members (excludes halogenated alkanes) is 12. The van der Waals surface area contributed by atoms with Crippen LogP contribution in [0.15, 0.2) is 5.10 Å². The van der Waals surface area contributed by atoms with Gasteiger partial charge in [0, 0.05) is 12.8 Å². The van der Waals surface area contributed by atoms with Crippen LogP contribution in [0.1, 0.15) is 103 Å². The lowest BCUT2D eigenvalue weighted by Crippen LogP contribution is -2.34. The summed E-state index contributed by atoms with van der Waals surface area (Å²) < 4.78 is 0. The van der Waals surface area contributed by atoms with Crippen molar-refractivity contribution in [1.82, 2.24) is 16.5 Å². The van der Waals surface area contributed by atoms with Gasteiger partial charge in [0.2, 0.25) is 0 Å². The smallest absolute Gasteiger partial charge is 0.139 e. The number of ketones is 1. The van der Waals surface area contributed by atoms with Crippen LogP contribution in [0, 0.1) is 0 Å². The number of hydrazine groups is 2. The van der Waals surface area contributed by atoms with Crippen LogP contribution >= 0.6 is 0 Å². The number of carbonyl (C=O) groups excluding carboxylic acids is 1. The second-order valence-corrected chi connectivity index (χ2v) is 6.72.